The van der Waals surface area contributed by atoms with E-state index in [4.69, 9.17) is 4.52 Å². The van der Waals surface area contributed by atoms with Crippen LogP contribution in [-0.4, -0.2) is 31.2 Å². The van der Waals surface area contributed by atoms with Crippen LogP contribution in [0.1, 0.15) is 22.3 Å². The van der Waals surface area contributed by atoms with Gasteiger partial charge in [-0.05, 0) is 26.0 Å². The van der Waals surface area contributed by atoms with Crippen molar-refractivity contribution < 1.29 is 9.32 Å². The Kier molecular flexibility index (Phi) is 3.19. The summed E-state index contributed by atoms with van der Waals surface area (Å²) in [5, 5.41) is 12.9. The van der Waals surface area contributed by atoms with Gasteiger partial charge in [-0.25, -0.2) is 4.98 Å². The highest BCUT2D eigenvalue weighted by atomic mass is 16.5. The predicted molar refractivity (Wildman–Crippen MR) is 73.5 cm³/mol. The maximum absolute atomic E-state index is 12.1. The molecule has 0 saturated heterocycles. The number of amides is 1. The van der Waals surface area contributed by atoms with E-state index in [0.29, 0.717) is 28.8 Å². The van der Waals surface area contributed by atoms with E-state index in [2.05, 4.69) is 30.6 Å². The first-order valence-corrected chi connectivity index (χ1v) is 6.23. The van der Waals surface area contributed by atoms with Gasteiger partial charge in [0.2, 0.25) is 5.82 Å². The number of para-hydroxylation sites is 1. The first kappa shape index (κ1) is 13.0. The molecule has 2 heterocycles. The van der Waals surface area contributed by atoms with Crippen LogP contribution in [0.5, 0.6) is 0 Å². The van der Waals surface area contributed by atoms with Crippen LogP contribution < -0.4 is 5.32 Å². The van der Waals surface area contributed by atoms with Crippen molar-refractivity contribution in [1.29, 1.82) is 0 Å². The van der Waals surface area contributed by atoms with E-state index in [0.717, 1.165) is 0 Å². The van der Waals surface area contributed by atoms with Gasteiger partial charge in [0.05, 0.1) is 11.3 Å². The molecular weight excluding hydrogens is 272 g/mol. The average molecular weight is 284 g/mol. The summed E-state index contributed by atoms with van der Waals surface area (Å²) in [5.74, 6) is 1.10. The topological polar surface area (TPSA) is 110 Å². The summed E-state index contributed by atoms with van der Waals surface area (Å²) in [6, 6.07) is 7.14. The lowest BCUT2D eigenvalue weighted by molar-refractivity contribution is 0.101. The van der Waals surface area contributed by atoms with Crippen molar-refractivity contribution in [2.24, 2.45) is 0 Å². The summed E-state index contributed by atoms with van der Waals surface area (Å²) in [6.45, 7) is 3.45. The van der Waals surface area contributed by atoms with Gasteiger partial charge in [-0.3, -0.25) is 9.89 Å². The van der Waals surface area contributed by atoms with E-state index >= 15 is 0 Å². The average Bonchev–Trinajstić information content (AvgIpc) is 3.08. The van der Waals surface area contributed by atoms with Gasteiger partial charge in [-0.15, -0.1) is 5.10 Å². The highest BCUT2D eigenvalue weighted by Crippen LogP contribution is 2.26. The molecule has 2 aromatic heterocycles. The Balaban J connectivity index is 1.91. The summed E-state index contributed by atoms with van der Waals surface area (Å²) < 4.78 is 5.13. The number of carbonyl (C=O) groups is 1. The fourth-order valence-corrected chi connectivity index (χ4v) is 1.81. The fraction of sp³-hybridized carbons (Fsp3) is 0.154. The number of carbonyl (C=O) groups excluding carboxylic acids is 1. The molecule has 0 bridgehead atoms. The molecule has 0 aliphatic carbocycles. The Morgan fingerprint density at radius 3 is 2.71 bits per heavy atom. The number of hydrogen-bond donors (Lipinski definition) is 2. The van der Waals surface area contributed by atoms with Gasteiger partial charge in [0.15, 0.2) is 5.82 Å². The number of hydrogen-bond acceptors (Lipinski definition) is 6. The Morgan fingerprint density at radius 2 is 2.05 bits per heavy atom. The van der Waals surface area contributed by atoms with Crippen LogP contribution in [-0.2, 0) is 0 Å². The summed E-state index contributed by atoms with van der Waals surface area (Å²) >= 11 is 0. The van der Waals surface area contributed by atoms with Crippen molar-refractivity contribution in [3.63, 3.8) is 0 Å². The molecule has 0 saturated carbocycles. The molecule has 0 aliphatic heterocycles. The lowest BCUT2D eigenvalue weighted by atomic mass is 10.1. The number of aromatic amines is 1. The number of H-pyrrole nitrogens is 1. The second-order valence-electron chi connectivity index (χ2n) is 4.39. The Hall–Kier alpha value is -3.03. The number of nitrogens with one attached hydrogen (secondary N) is 2. The number of benzene rings is 1. The molecule has 0 aliphatic rings. The van der Waals surface area contributed by atoms with Gasteiger partial charge in [-0.2, -0.15) is 4.98 Å². The standard InChI is InChI=1S/C13H12N6O2/c1-7-14-11(18-17-7)12(20)16-10-6-4-3-5-9(10)13-15-8(2)19-21-13/h3-6H,1-2H3,(H,16,20)(H,14,17,18). The minimum absolute atomic E-state index is 0.0732. The van der Waals surface area contributed by atoms with Crippen LogP contribution in [0, 0.1) is 13.8 Å². The summed E-state index contributed by atoms with van der Waals surface area (Å²) in [5.41, 5.74) is 1.19. The molecule has 0 atom stereocenters. The zero-order chi connectivity index (χ0) is 14.8. The van der Waals surface area contributed by atoms with Gasteiger partial charge in [-0.1, -0.05) is 17.3 Å². The van der Waals surface area contributed by atoms with Gasteiger partial charge < -0.3 is 9.84 Å². The molecule has 106 valence electrons. The lowest BCUT2D eigenvalue weighted by Crippen LogP contribution is -2.14. The van der Waals surface area contributed by atoms with Crippen LogP contribution in [0.3, 0.4) is 0 Å². The largest absolute Gasteiger partial charge is 0.334 e. The molecule has 0 radical (unpaired) electrons. The number of anilines is 1. The van der Waals surface area contributed by atoms with Crippen molar-refractivity contribution in [3.05, 3.63) is 41.7 Å². The second kappa shape index (κ2) is 5.16. The summed E-state index contributed by atoms with van der Waals surface area (Å²) in [6.07, 6.45) is 0. The van der Waals surface area contributed by atoms with Crippen LogP contribution in [0.4, 0.5) is 5.69 Å². The molecule has 8 nitrogen and oxygen atoms in total. The van der Waals surface area contributed by atoms with E-state index in [-0.39, 0.29) is 5.82 Å². The molecule has 21 heavy (non-hydrogen) atoms. The number of aromatic nitrogens is 5. The van der Waals surface area contributed by atoms with Crippen LogP contribution in [0.15, 0.2) is 28.8 Å². The van der Waals surface area contributed by atoms with Gasteiger partial charge in [0, 0.05) is 0 Å². The van der Waals surface area contributed by atoms with E-state index in [1.54, 1.807) is 32.0 Å². The third-order valence-electron chi connectivity index (χ3n) is 2.73. The quantitative estimate of drug-likeness (QED) is 0.757. The number of aryl methyl sites for hydroxylation is 2. The monoisotopic (exact) mass is 284 g/mol. The van der Waals surface area contributed by atoms with Gasteiger partial charge >= 0.3 is 0 Å². The normalized spacial score (nSPS) is 10.6. The number of nitrogens with zero attached hydrogens (tertiary/aromatic N) is 4. The smallest absolute Gasteiger partial charge is 0.295 e. The van der Waals surface area contributed by atoms with Crippen molar-refractivity contribution in [2.45, 2.75) is 13.8 Å². The predicted octanol–water partition coefficient (Wildman–Crippen LogP) is 1.72. The van der Waals surface area contributed by atoms with Crippen molar-refractivity contribution >= 4 is 11.6 Å². The molecule has 1 aromatic carbocycles. The van der Waals surface area contributed by atoms with Crippen molar-refractivity contribution in [1.82, 2.24) is 25.3 Å². The van der Waals surface area contributed by atoms with Crippen molar-refractivity contribution in [2.75, 3.05) is 5.32 Å². The van der Waals surface area contributed by atoms with E-state index < -0.39 is 5.91 Å². The first-order chi connectivity index (χ1) is 10.1. The van der Waals surface area contributed by atoms with Crippen LogP contribution in [0.2, 0.25) is 0 Å². The summed E-state index contributed by atoms with van der Waals surface area (Å²) in [4.78, 5) is 20.2. The van der Waals surface area contributed by atoms with Gasteiger partial charge in [0.1, 0.15) is 5.82 Å². The molecule has 0 fully saturated rings. The third kappa shape index (κ3) is 2.64. The Labute approximate surface area is 119 Å². The fourth-order valence-electron chi connectivity index (χ4n) is 1.81. The number of rotatable bonds is 3. The minimum atomic E-state index is -0.414. The van der Waals surface area contributed by atoms with Crippen molar-refractivity contribution in [3.8, 4) is 11.5 Å². The molecule has 8 heteroatoms. The minimum Gasteiger partial charge on any atom is -0.334 e. The van der Waals surface area contributed by atoms with E-state index in [1.807, 2.05) is 6.07 Å². The Bertz CT molecular complexity index is 791. The van der Waals surface area contributed by atoms with E-state index in [9.17, 15) is 4.79 Å². The molecule has 1 amide bonds. The molecule has 3 aromatic rings. The molecule has 2 N–H and O–H groups in total. The van der Waals surface area contributed by atoms with Crippen LogP contribution in [0.25, 0.3) is 11.5 Å². The molecule has 0 spiro atoms. The first-order valence-electron chi connectivity index (χ1n) is 6.23. The zero-order valence-corrected chi connectivity index (χ0v) is 11.4. The highest BCUT2D eigenvalue weighted by molar-refractivity contribution is 6.03. The second-order valence-corrected chi connectivity index (χ2v) is 4.39. The lowest BCUT2D eigenvalue weighted by Gasteiger charge is -2.06. The SMILES string of the molecule is Cc1noc(-c2ccccc2NC(=O)c2n[nH]c(C)n2)n1. The summed E-state index contributed by atoms with van der Waals surface area (Å²) in [7, 11) is 0. The van der Waals surface area contributed by atoms with Gasteiger partial charge in [0.25, 0.3) is 11.8 Å². The maximum Gasteiger partial charge on any atom is 0.295 e. The molecular formula is C13H12N6O2. The third-order valence-corrected chi connectivity index (χ3v) is 2.73. The highest BCUT2D eigenvalue weighted by Gasteiger charge is 2.16. The zero-order valence-electron chi connectivity index (χ0n) is 11.4. The van der Waals surface area contributed by atoms with Crippen LogP contribution >= 0.6 is 0 Å². The Morgan fingerprint density at radius 1 is 1.24 bits per heavy atom. The molecule has 3 rings (SSSR count). The maximum atomic E-state index is 12.1. The van der Waals surface area contributed by atoms with E-state index in [1.165, 1.54) is 0 Å². The molecule has 0 unspecified atom stereocenters.